The molecule has 4 aromatic rings. The molecule has 1 fully saturated rings. The number of nitrogens with one attached hydrogen (secondary N) is 1. The predicted molar refractivity (Wildman–Crippen MR) is 146 cm³/mol. The van der Waals surface area contributed by atoms with Crippen LogP contribution in [0.15, 0.2) is 89.7 Å². The maximum absolute atomic E-state index is 13.1. The number of pyridine rings is 1. The minimum atomic E-state index is -0.510. The number of hydrogen-bond acceptors (Lipinski definition) is 4. The zero-order chi connectivity index (χ0) is 25.9. The third-order valence-electron chi connectivity index (χ3n) is 7.48. The maximum Gasteiger partial charge on any atom is 0.258 e. The van der Waals surface area contributed by atoms with Crippen LogP contribution in [0.4, 0.5) is 0 Å². The lowest BCUT2D eigenvalue weighted by Crippen LogP contribution is -2.35. The number of amides is 1. The van der Waals surface area contributed by atoms with Crippen LogP contribution in [0.1, 0.15) is 46.1 Å². The van der Waals surface area contributed by atoms with Crippen molar-refractivity contribution in [3.05, 3.63) is 118 Å². The smallest absolute Gasteiger partial charge is 0.258 e. The fourth-order valence-electron chi connectivity index (χ4n) is 5.30. The third-order valence-corrected chi connectivity index (χ3v) is 7.48. The van der Waals surface area contributed by atoms with Gasteiger partial charge in [0.05, 0.1) is 12.6 Å². The normalized spacial score (nSPS) is 18.1. The Morgan fingerprint density at radius 2 is 1.73 bits per heavy atom. The number of benzene rings is 3. The Hall–Kier alpha value is -3.74. The Morgan fingerprint density at radius 1 is 1.03 bits per heavy atom. The van der Waals surface area contributed by atoms with Crippen LogP contribution in [0.3, 0.4) is 0 Å². The van der Waals surface area contributed by atoms with Crippen molar-refractivity contribution in [2.75, 3.05) is 7.05 Å². The summed E-state index contributed by atoms with van der Waals surface area (Å²) in [5.41, 5.74) is 3.45. The van der Waals surface area contributed by atoms with Crippen LogP contribution in [-0.4, -0.2) is 39.6 Å². The molecule has 2 N–H and O–H groups in total. The third kappa shape index (κ3) is 5.36. The van der Waals surface area contributed by atoms with Gasteiger partial charge in [0, 0.05) is 42.8 Å². The molecular weight excluding hydrogens is 462 g/mol. The van der Waals surface area contributed by atoms with Crippen LogP contribution in [0.5, 0.6) is 0 Å². The summed E-state index contributed by atoms with van der Waals surface area (Å²) in [6.45, 7) is 0.342. The van der Waals surface area contributed by atoms with E-state index in [9.17, 15) is 14.7 Å². The Labute approximate surface area is 217 Å². The molecule has 2 heterocycles. The van der Waals surface area contributed by atoms with Gasteiger partial charge < -0.3 is 19.9 Å². The maximum atomic E-state index is 13.1. The van der Waals surface area contributed by atoms with Crippen molar-refractivity contribution in [1.82, 2.24) is 14.8 Å². The Morgan fingerprint density at radius 3 is 2.49 bits per heavy atom. The van der Waals surface area contributed by atoms with Crippen molar-refractivity contribution >= 4 is 16.7 Å². The molecule has 37 heavy (non-hydrogen) atoms. The first-order valence-corrected chi connectivity index (χ1v) is 12.8. The predicted octanol–water partition coefficient (Wildman–Crippen LogP) is 4.21. The summed E-state index contributed by atoms with van der Waals surface area (Å²) in [5, 5.41) is 15.9. The van der Waals surface area contributed by atoms with Crippen LogP contribution >= 0.6 is 0 Å². The van der Waals surface area contributed by atoms with Gasteiger partial charge in [0.25, 0.3) is 11.5 Å². The zero-order valence-electron chi connectivity index (χ0n) is 21.3. The van der Waals surface area contributed by atoms with Crippen LogP contribution in [-0.2, 0) is 20.0 Å². The highest BCUT2D eigenvalue weighted by molar-refractivity contribution is 5.94. The van der Waals surface area contributed by atoms with Gasteiger partial charge in [-0.3, -0.25) is 9.59 Å². The standard InChI is InChI=1S/C31H33N3O3/c1-33(20-26-19-24-10-6-7-11-27(24)31(37)34(26)2)30(36)23-14-12-21(13-15-23)18-25-16-17-28(32-25)29(35)22-8-4-3-5-9-22/h3-15,19,25,28-29,32,35H,16-18,20H2,1-2H3/t25-,28+,29+/m0/s1. The van der Waals surface area contributed by atoms with Gasteiger partial charge in [0.1, 0.15) is 0 Å². The molecule has 0 saturated carbocycles. The fourth-order valence-corrected chi connectivity index (χ4v) is 5.30. The van der Waals surface area contributed by atoms with E-state index in [-0.39, 0.29) is 17.5 Å². The van der Waals surface area contributed by atoms with Gasteiger partial charge in [-0.1, -0.05) is 60.7 Å². The summed E-state index contributed by atoms with van der Waals surface area (Å²) in [4.78, 5) is 27.5. The molecule has 1 aromatic heterocycles. The van der Waals surface area contributed by atoms with Crippen LogP contribution in [0, 0.1) is 0 Å². The van der Waals surface area contributed by atoms with E-state index in [1.807, 2.05) is 84.9 Å². The molecule has 1 saturated heterocycles. The highest BCUT2D eigenvalue weighted by Gasteiger charge is 2.29. The first-order valence-electron chi connectivity index (χ1n) is 12.8. The first-order chi connectivity index (χ1) is 17.9. The van der Waals surface area contributed by atoms with Crippen molar-refractivity contribution in [2.24, 2.45) is 7.05 Å². The number of nitrogens with zero attached hydrogens (tertiary/aromatic N) is 2. The van der Waals surface area contributed by atoms with Crippen LogP contribution in [0.25, 0.3) is 10.8 Å². The Kier molecular flexibility index (Phi) is 7.22. The van der Waals surface area contributed by atoms with Crippen molar-refractivity contribution in [3.8, 4) is 0 Å². The lowest BCUT2D eigenvalue weighted by atomic mass is 10.0. The van der Waals surface area contributed by atoms with Gasteiger partial charge in [-0.2, -0.15) is 0 Å². The molecule has 5 rings (SSSR count). The molecule has 3 aromatic carbocycles. The molecule has 0 spiro atoms. The van der Waals surface area contributed by atoms with E-state index < -0.39 is 6.10 Å². The molecule has 1 aliphatic heterocycles. The number of aromatic nitrogens is 1. The quantitative estimate of drug-likeness (QED) is 0.403. The number of fused-ring (bicyclic) bond motifs is 1. The first kappa shape index (κ1) is 24.9. The lowest BCUT2D eigenvalue weighted by Gasteiger charge is -2.21. The van der Waals surface area contributed by atoms with Gasteiger partial charge in [-0.05, 0) is 60.0 Å². The monoisotopic (exact) mass is 495 g/mol. The van der Waals surface area contributed by atoms with Gasteiger partial charge in [-0.25, -0.2) is 0 Å². The minimum absolute atomic E-state index is 0.0490. The zero-order valence-corrected chi connectivity index (χ0v) is 21.3. The van der Waals surface area contributed by atoms with Crippen molar-refractivity contribution in [3.63, 3.8) is 0 Å². The lowest BCUT2D eigenvalue weighted by molar-refractivity contribution is 0.0782. The van der Waals surface area contributed by atoms with E-state index in [4.69, 9.17) is 0 Å². The fraction of sp³-hybridized carbons (Fsp3) is 0.290. The number of carbonyl (C=O) groups excluding carboxylic acids is 1. The van der Waals surface area contributed by atoms with Gasteiger partial charge >= 0.3 is 0 Å². The van der Waals surface area contributed by atoms with Crippen LogP contribution in [0.2, 0.25) is 0 Å². The SMILES string of the molecule is CN(Cc1cc2ccccc2c(=O)n1C)C(=O)c1ccc(C[C@@H]2CC[C@H]([C@H](O)c3ccccc3)N2)cc1. The summed E-state index contributed by atoms with van der Waals surface area (Å²) in [6, 6.07) is 27.4. The molecule has 0 bridgehead atoms. The van der Waals surface area contributed by atoms with Gasteiger partial charge in [0.15, 0.2) is 0 Å². The second kappa shape index (κ2) is 10.7. The van der Waals surface area contributed by atoms with Crippen molar-refractivity contribution in [2.45, 2.75) is 44.0 Å². The highest BCUT2D eigenvalue weighted by Crippen LogP contribution is 2.26. The van der Waals surface area contributed by atoms with Crippen LogP contribution < -0.4 is 10.9 Å². The van der Waals surface area contributed by atoms with Crippen molar-refractivity contribution in [1.29, 1.82) is 0 Å². The molecule has 0 aliphatic carbocycles. The van der Waals surface area contributed by atoms with Gasteiger partial charge in [0.2, 0.25) is 0 Å². The molecule has 0 radical (unpaired) electrons. The summed E-state index contributed by atoms with van der Waals surface area (Å²) < 4.78 is 1.62. The summed E-state index contributed by atoms with van der Waals surface area (Å²) >= 11 is 0. The van der Waals surface area contributed by atoms with Gasteiger partial charge in [-0.15, -0.1) is 0 Å². The second-order valence-electron chi connectivity index (χ2n) is 10.1. The molecule has 1 aliphatic rings. The number of aliphatic hydroxyl groups excluding tert-OH is 1. The summed E-state index contributed by atoms with van der Waals surface area (Å²) in [7, 11) is 3.51. The van der Waals surface area contributed by atoms with Crippen molar-refractivity contribution < 1.29 is 9.90 Å². The van der Waals surface area contributed by atoms with E-state index in [1.165, 1.54) is 0 Å². The van der Waals surface area contributed by atoms with E-state index >= 15 is 0 Å². The van der Waals surface area contributed by atoms with E-state index in [0.29, 0.717) is 23.5 Å². The minimum Gasteiger partial charge on any atom is -0.387 e. The number of rotatable bonds is 7. The average molecular weight is 496 g/mol. The summed E-state index contributed by atoms with van der Waals surface area (Å²) in [5.74, 6) is -0.0859. The molecule has 6 nitrogen and oxygen atoms in total. The number of hydrogen-bond donors (Lipinski definition) is 2. The molecule has 0 unspecified atom stereocenters. The summed E-state index contributed by atoms with van der Waals surface area (Å²) in [6.07, 6.45) is 2.27. The van der Waals surface area contributed by atoms with E-state index in [0.717, 1.165) is 41.5 Å². The average Bonchev–Trinajstić information content (AvgIpc) is 3.40. The molecule has 6 heteroatoms. The molecular formula is C31H33N3O3. The number of carbonyl (C=O) groups is 1. The Balaban J connectivity index is 1.20. The second-order valence-corrected chi connectivity index (χ2v) is 10.1. The van der Waals surface area contributed by atoms with E-state index in [2.05, 4.69) is 5.32 Å². The van der Waals surface area contributed by atoms with E-state index in [1.54, 1.807) is 23.6 Å². The molecule has 190 valence electrons. The number of aliphatic hydroxyl groups is 1. The molecule has 1 amide bonds. The highest BCUT2D eigenvalue weighted by atomic mass is 16.3. The Bertz CT molecular complexity index is 1450. The topological polar surface area (TPSA) is 74.6 Å². The largest absolute Gasteiger partial charge is 0.387 e. The molecule has 3 atom stereocenters.